The largest absolute Gasteiger partial charge is 0.484 e. The van der Waals surface area contributed by atoms with Gasteiger partial charge in [-0.25, -0.2) is 0 Å². The average molecular weight is 467 g/mol. The molecule has 154 valence electrons. The predicted molar refractivity (Wildman–Crippen MR) is 122 cm³/mol. The van der Waals surface area contributed by atoms with Crippen molar-refractivity contribution in [1.29, 1.82) is 0 Å². The maximum Gasteiger partial charge on any atom is 0.260 e. The monoisotopic (exact) mass is 466 g/mol. The third-order valence-electron chi connectivity index (χ3n) is 4.80. The molecule has 0 heterocycles. The number of halogens is 1. The number of likely N-dealkylation sites (N-methyl/N-ethyl adjacent to an activating group) is 1. The van der Waals surface area contributed by atoms with Gasteiger partial charge in [-0.15, -0.1) is 0 Å². The number of carbonyl (C=O) groups is 2. The zero-order chi connectivity index (χ0) is 21.5. The molecule has 0 aliphatic heterocycles. The van der Waals surface area contributed by atoms with Crippen LogP contribution in [0.5, 0.6) is 5.75 Å². The molecule has 3 aromatic rings. The summed E-state index contributed by atoms with van der Waals surface area (Å²) in [7, 11) is 1.74. The number of amides is 2. The first-order valence-electron chi connectivity index (χ1n) is 9.54. The molecule has 0 aromatic heterocycles. The Morgan fingerprint density at radius 2 is 1.73 bits per heavy atom. The van der Waals surface area contributed by atoms with E-state index < -0.39 is 0 Å². The van der Waals surface area contributed by atoms with E-state index in [2.05, 4.69) is 21.2 Å². The minimum atomic E-state index is -0.183. The number of nitrogens with zero attached hydrogens (tertiary/aromatic N) is 1. The smallest absolute Gasteiger partial charge is 0.260 e. The standard InChI is InChI=1S/C24H23BrN2O3/c1-17(27(2)23(28)16-30-22-13-7-11-20(25)15-22)19-10-6-12-21(14-19)26-24(29)18-8-4-3-5-9-18/h3-15,17H,16H2,1-2H3,(H,26,29). The van der Waals surface area contributed by atoms with E-state index in [1.165, 1.54) is 0 Å². The van der Waals surface area contributed by atoms with Crippen LogP contribution in [-0.2, 0) is 4.79 Å². The molecule has 30 heavy (non-hydrogen) atoms. The molecule has 1 unspecified atom stereocenters. The van der Waals surface area contributed by atoms with Gasteiger partial charge in [-0.05, 0) is 55.0 Å². The summed E-state index contributed by atoms with van der Waals surface area (Å²) in [6.07, 6.45) is 0. The second-order valence-corrected chi connectivity index (χ2v) is 7.79. The van der Waals surface area contributed by atoms with E-state index >= 15 is 0 Å². The molecule has 0 fully saturated rings. The third kappa shape index (κ3) is 5.70. The number of ether oxygens (including phenoxy) is 1. The van der Waals surface area contributed by atoms with Crippen LogP contribution in [0.3, 0.4) is 0 Å². The minimum absolute atomic E-state index is 0.0538. The van der Waals surface area contributed by atoms with Crippen LogP contribution in [0.2, 0.25) is 0 Å². The summed E-state index contributed by atoms with van der Waals surface area (Å²) in [5, 5.41) is 2.90. The Bertz CT molecular complexity index is 1020. The van der Waals surface area contributed by atoms with Gasteiger partial charge in [0.25, 0.3) is 11.8 Å². The molecule has 6 heteroatoms. The molecule has 0 saturated carbocycles. The molecule has 2 amide bonds. The Kier molecular flexibility index (Phi) is 7.25. The minimum Gasteiger partial charge on any atom is -0.484 e. The van der Waals surface area contributed by atoms with E-state index in [0.717, 1.165) is 10.0 Å². The molecular formula is C24H23BrN2O3. The van der Waals surface area contributed by atoms with Crippen molar-refractivity contribution in [2.24, 2.45) is 0 Å². The van der Waals surface area contributed by atoms with E-state index in [4.69, 9.17) is 4.74 Å². The van der Waals surface area contributed by atoms with Crippen LogP contribution in [0.15, 0.2) is 83.3 Å². The fraction of sp³-hybridized carbons (Fsp3) is 0.167. The molecule has 0 saturated heterocycles. The van der Waals surface area contributed by atoms with Crippen molar-refractivity contribution in [2.75, 3.05) is 19.0 Å². The molecule has 0 radical (unpaired) electrons. The van der Waals surface area contributed by atoms with Gasteiger partial charge in [0, 0.05) is 22.8 Å². The van der Waals surface area contributed by atoms with E-state index in [9.17, 15) is 9.59 Å². The summed E-state index contributed by atoms with van der Waals surface area (Å²) >= 11 is 3.39. The van der Waals surface area contributed by atoms with Gasteiger partial charge >= 0.3 is 0 Å². The first-order chi connectivity index (χ1) is 14.4. The Hall–Kier alpha value is -3.12. The van der Waals surface area contributed by atoms with Gasteiger partial charge in [0.15, 0.2) is 6.61 Å². The van der Waals surface area contributed by atoms with E-state index in [1.54, 1.807) is 30.1 Å². The fourth-order valence-corrected chi connectivity index (χ4v) is 3.29. The lowest BCUT2D eigenvalue weighted by molar-refractivity contribution is -0.134. The zero-order valence-electron chi connectivity index (χ0n) is 16.8. The van der Waals surface area contributed by atoms with Crippen molar-refractivity contribution < 1.29 is 14.3 Å². The third-order valence-corrected chi connectivity index (χ3v) is 5.29. The van der Waals surface area contributed by atoms with Crippen LogP contribution in [0.25, 0.3) is 0 Å². The number of nitrogens with one attached hydrogen (secondary N) is 1. The van der Waals surface area contributed by atoms with Gasteiger partial charge in [-0.1, -0.05) is 52.3 Å². The Morgan fingerprint density at radius 1 is 1.00 bits per heavy atom. The normalized spacial score (nSPS) is 11.4. The number of rotatable bonds is 7. The van der Waals surface area contributed by atoms with Crippen molar-refractivity contribution in [1.82, 2.24) is 4.90 Å². The SMILES string of the molecule is CC(c1cccc(NC(=O)c2ccccc2)c1)N(C)C(=O)COc1cccc(Br)c1. The van der Waals surface area contributed by atoms with E-state index in [1.807, 2.05) is 67.6 Å². The number of hydrogen-bond donors (Lipinski definition) is 1. The maximum atomic E-state index is 12.6. The van der Waals surface area contributed by atoms with E-state index in [0.29, 0.717) is 17.0 Å². The highest BCUT2D eigenvalue weighted by Crippen LogP contribution is 2.23. The van der Waals surface area contributed by atoms with Crippen LogP contribution in [0.1, 0.15) is 28.9 Å². The number of anilines is 1. The summed E-state index contributed by atoms with van der Waals surface area (Å²) in [6.45, 7) is 1.89. The molecule has 0 bridgehead atoms. The van der Waals surface area contributed by atoms with Crippen molar-refractivity contribution in [2.45, 2.75) is 13.0 Å². The van der Waals surface area contributed by atoms with Crippen LogP contribution in [-0.4, -0.2) is 30.4 Å². The Balaban J connectivity index is 1.62. The van der Waals surface area contributed by atoms with Gasteiger partial charge in [-0.3, -0.25) is 9.59 Å². The Morgan fingerprint density at radius 3 is 2.47 bits per heavy atom. The first kappa shape index (κ1) is 21.6. The van der Waals surface area contributed by atoms with Gasteiger partial charge in [0.1, 0.15) is 5.75 Å². The van der Waals surface area contributed by atoms with Crippen LogP contribution in [0, 0.1) is 0 Å². The molecule has 1 atom stereocenters. The van der Waals surface area contributed by atoms with Gasteiger partial charge in [-0.2, -0.15) is 0 Å². The van der Waals surface area contributed by atoms with E-state index in [-0.39, 0.29) is 24.5 Å². The molecular weight excluding hydrogens is 444 g/mol. The van der Waals surface area contributed by atoms with Crippen LogP contribution in [0.4, 0.5) is 5.69 Å². The number of carbonyl (C=O) groups excluding carboxylic acids is 2. The quantitative estimate of drug-likeness (QED) is 0.513. The van der Waals surface area contributed by atoms with Crippen molar-refractivity contribution >= 4 is 33.4 Å². The lowest BCUT2D eigenvalue weighted by atomic mass is 10.1. The second-order valence-electron chi connectivity index (χ2n) is 6.87. The van der Waals surface area contributed by atoms with Crippen LogP contribution < -0.4 is 10.1 Å². The Labute approximate surface area is 184 Å². The average Bonchev–Trinajstić information content (AvgIpc) is 2.77. The van der Waals surface area contributed by atoms with Gasteiger partial charge in [0.2, 0.25) is 0 Å². The summed E-state index contributed by atoms with van der Waals surface area (Å²) in [5.74, 6) is 0.317. The molecule has 5 nitrogen and oxygen atoms in total. The van der Waals surface area contributed by atoms with Gasteiger partial charge < -0.3 is 15.0 Å². The lowest BCUT2D eigenvalue weighted by Crippen LogP contribution is -2.33. The highest BCUT2D eigenvalue weighted by Gasteiger charge is 2.18. The van der Waals surface area contributed by atoms with Gasteiger partial charge in [0.05, 0.1) is 6.04 Å². The molecule has 1 N–H and O–H groups in total. The van der Waals surface area contributed by atoms with Crippen molar-refractivity contribution in [3.63, 3.8) is 0 Å². The molecule has 0 spiro atoms. The molecule has 0 aliphatic rings. The fourth-order valence-electron chi connectivity index (χ4n) is 2.91. The van der Waals surface area contributed by atoms with Crippen molar-refractivity contribution in [3.05, 3.63) is 94.5 Å². The number of hydrogen-bond acceptors (Lipinski definition) is 3. The highest BCUT2D eigenvalue weighted by atomic mass is 79.9. The summed E-state index contributed by atoms with van der Waals surface area (Å²) in [5.41, 5.74) is 2.19. The summed E-state index contributed by atoms with van der Waals surface area (Å²) in [4.78, 5) is 26.6. The zero-order valence-corrected chi connectivity index (χ0v) is 18.4. The highest BCUT2D eigenvalue weighted by molar-refractivity contribution is 9.10. The molecule has 3 rings (SSSR count). The second kappa shape index (κ2) is 10.1. The maximum absolute atomic E-state index is 12.6. The predicted octanol–water partition coefficient (Wildman–Crippen LogP) is 5.30. The van der Waals surface area contributed by atoms with Crippen molar-refractivity contribution in [3.8, 4) is 5.75 Å². The first-order valence-corrected chi connectivity index (χ1v) is 10.3. The summed E-state index contributed by atoms with van der Waals surface area (Å²) < 4.78 is 6.50. The topological polar surface area (TPSA) is 58.6 Å². The van der Waals surface area contributed by atoms with Crippen LogP contribution >= 0.6 is 15.9 Å². The summed E-state index contributed by atoms with van der Waals surface area (Å²) in [6, 6.07) is 23.7. The number of benzene rings is 3. The molecule has 3 aromatic carbocycles. The lowest BCUT2D eigenvalue weighted by Gasteiger charge is -2.26. The molecule has 0 aliphatic carbocycles.